The van der Waals surface area contributed by atoms with Gasteiger partial charge in [0.15, 0.2) is 23.2 Å². The molecule has 0 amide bonds. The summed E-state index contributed by atoms with van der Waals surface area (Å²) >= 11 is 0. The van der Waals surface area contributed by atoms with Crippen LogP contribution in [0.2, 0.25) is 0 Å². The molecule has 10 nitrogen and oxygen atoms in total. The molecule has 1 aliphatic carbocycles. The molecule has 0 aromatic heterocycles. The van der Waals surface area contributed by atoms with Gasteiger partial charge in [-0.2, -0.15) is 0 Å². The van der Waals surface area contributed by atoms with E-state index in [0.29, 0.717) is 36.5 Å². The van der Waals surface area contributed by atoms with Crippen molar-refractivity contribution in [3.63, 3.8) is 0 Å². The van der Waals surface area contributed by atoms with Crippen LogP contribution in [0.1, 0.15) is 89.2 Å². The number of nitrogens with zero attached hydrogens (tertiary/aromatic N) is 1. The molecule has 4 unspecified atom stereocenters. The Morgan fingerprint density at radius 1 is 1.12 bits per heavy atom. The average molecular weight is 588 g/mol. The van der Waals surface area contributed by atoms with E-state index in [4.69, 9.17) is 23.7 Å². The van der Waals surface area contributed by atoms with Gasteiger partial charge in [0.05, 0.1) is 37.2 Å². The largest absolute Gasteiger partial charge is 0.497 e. The Morgan fingerprint density at radius 3 is 2.60 bits per heavy atom. The molecule has 0 radical (unpaired) electrons. The van der Waals surface area contributed by atoms with Gasteiger partial charge in [-0.25, -0.2) is 4.79 Å². The van der Waals surface area contributed by atoms with Crippen molar-refractivity contribution < 1.29 is 43.5 Å². The molecule has 1 saturated heterocycles. The third kappa shape index (κ3) is 5.98. The summed E-state index contributed by atoms with van der Waals surface area (Å²) in [4.78, 5) is 29.2. The van der Waals surface area contributed by atoms with E-state index in [0.717, 1.165) is 49.9 Å². The summed E-state index contributed by atoms with van der Waals surface area (Å²) in [6.07, 6.45) is 5.53. The molecule has 4 aliphatic rings. The number of methoxy groups -OCH3 is 1. The highest BCUT2D eigenvalue weighted by Crippen LogP contribution is 2.55. The second-order valence-electron chi connectivity index (χ2n) is 12.7. The van der Waals surface area contributed by atoms with E-state index in [1.165, 1.54) is 0 Å². The number of rotatable bonds is 12. The number of hydrogen-bond donors (Lipinski definition) is 2. The molecule has 1 aromatic rings. The van der Waals surface area contributed by atoms with Crippen molar-refractivity contribution in [2.45, 2.75) is 107 Å². The van der Waals surface area contributed by atoms with Gasteiger partial charge < -0.3 is 33.9 Å². The molecule has 0 saturated carbocycles. The van der Waals surface area contributed by atoms with Crippen LogP contribution >= 0.6 is 0 Å². The lowest BCUT2D eigenvalue weighted by Gasteiger charge is -2.39. The van der Waals surface area contributed by atoms with Crippen molar-refractivity contribution in [3.05, 3.63) is 35.1 Å². The van der Waals surface area contributed by atoms with Gasteiger partial charge in [-0.15, -0.1) is 0 Å². The number of aliphatic hydroxyl groups is 2. The quantitative estimate of drug-likeness (QED) is 0.276. The molecular weight excluding hydrogens is 542 g/mol. The molecule has 2 N–H and O–H groups in total. The second-order valence-corrected chi connectivity index (χ2v) is 12.7. The highest BCUT2D eigenvalue weighted by molar-refractivity contribution is 5.86. The molecule has 1 aromatic carbocycles. The molecule has 0 bridgehead atoms. The molecule has 1 spiro atoms. The maximum atomic E-state index is 14.0. The highest BCUT2D eigenvalue weighted by atomic mass is 16.7. The molecule has 1 fully saturated rings. The Bertz CT molecular complexity index is 1210. The maximum Gasteiger partial charge on any atom is 0.339 e. The first-order chi connectivity index (χ1) is 20.0. The number of fused-ring (bicyclic) bond motifs is 3. The third-order valence-corrected chi connectivity index (χ3v) is 9.15. The van der Waals surface area contributed by atoms with E-state index >= 15 is 0 Å². The zero-order valence-corrected chi connectivity index (χ0v) is 25.3. The minimum Gasteiger partial charge on any atom is -0.497 e. The van der Waals surface area contributed by atoms with Gasteiger partial charge in [0.2, 0.25) is 6.79 Å². The van der Waals surface area contributed by atoms with Gasteiger partial charge in [0.1, 0.15) is 5.76 Å². The van der Waals surface area contributed by atoms with E-state index in [1.807, 2.05) is 19.1 Å². The van der Waals surface area contributed by atoms with Crippen molar-refractivity contribution in [2.24, 2.45) is 0 Å². The summed E-state index contributed by atoms with van der Waals surface area (Å²) in [7, 11) is 1.56. The van der Waals surface area contributed by atoms with Crippen LogP contribution in [0.3, 0.4) is 0 Å². The zero-order chi connectivity index (χ0) is 30.1. The fourth-order valence-corrected chi connectivity index (χ4v) is 7.02. The standard InChI is InChI=1S/C32H45NO9/c1-5-6-15-39-26(34)19-32(37,12-7-10-30(2,3)36)29(35)42-28-25(38-4)18-31-11-8-13-33(31)14-9-21-16-23-24(41-20-40-23)17-22(21)27(28)31/h16-18,27-28,36-37H,5-15,19-20H2,1-4H3. The molecule has 10 heteroatoms. The smallest absolute Gasteiger partial charge is 0.339 e. The number of esters is 2. The van der Waals surface area contributed by atoms with Crippen LogP contribution in [0, 0.1) is 0 Å². The topological polar surface area (TPSA) is 124 Å². The number of carbonyl (C=O) groups excluding carboxylic acids is 2. The van der Waals surface area contributed by atoms with Gasteiger partial charge in [-0.1, -0.05) is 13.3 Å². The monoisotopic (exact) mass is 587 g/mol. The number of unbranched alkanes of at least 4 members (excludes halogenated alkanes) is 1. The normalized spacial score (nSPS) is 25.9. The van der Waals surface area contributed by atoms with Crippen molar-refractivity contribution in [1.29, 1.82) is 0 Å². The summed E-state index contributed by atoms with van der Waals surface area (Å²) in [5.74, 6) is 0.0271. The lowest BCUT2D eigenvalue weighted by atomic mass is 9.77. The van der Waals surface area contributed by atoms with Crippen LogP contribution in [0.5, 0.6) is 11.5 Å². The lowest BCUT2D eigenvalue weighted by Crippen LogP contribution is -2.49. The predicted octanol–water partition coefficient (Wildman–Crippen LogP) is 3.75. The van der Waals surface area contributed by atoms with Gasteiger partial charge in [0, 0.05) is 6.54 Å². The Balaban J connectivity index is 1.46. The Morgan fingerprint density at radius 2 is 1.88 bits per heavy atom. The first-order valence-corrected chi connectivity index (χ1v) is 15.3. The summed E-state index contributed by atoms with van der Waals surface area (Å²) in [5, 5.41) is 22.0. The van der Waals surface area contributed by atoms with E-state index in [2.05, 4.69) is 11.0 Å². The second kappa shape index (κ2) is 12.1. The molecule has 232 valence electrons. The van der Waals surface area contributed by atoms with Crippen molar-refractivity contribution in [3.8, 4) is 11.5 Å². The number of carbonyl (C=O) groups is 2. The first-order valence-electron chi connectivity index (χ1n) is 15.3. The molecular formula is C32H45NO9. The van der Waals surface area contributed by atoms with Gasteiger partial charge >= 0.3 is 11.9 Å². The van der Waals surface area contributed by atoms with E-state index < -0.39 is 41.2 Å². The van der Waals surface area contributed by atoms with Gasteiger partial charge in [-0.05, 0) is 94.7 Å². The highest BCUT2D eigenvalue weighted by Gasteiger charge is 2.59. The summed E-state index contributed by atoms with van der Waals surface area (Å²) in [5.41, 5.74) is -1.42. The van der Waals surface area contributed by atoms with E-state index in [9.17, 15) is 19.8 Å². The maximum absolute atomic E-state index is 14.0. The Hall–Kier alpha value is -2.82. The van der Waals surface area contributed by atoms with Crippen LogP contribution in [-0.2, 0) is 30.2 Å². The fraction of sp³-hybridized carbons (Fsp3) is 0.688. The van der Waals surface area contributed by atoms with Crippen LogP contribution in [0.15, 0.2) is 24.0 Å². The van der Waals surface area contributed by atoms with Gasteiger partial charge in [-0.3, -0.25) is 9.69 Å². The molecule has 3 aliphatic heterocycles. The molecule has 5 rings (SSSR count). The van der Waals surface area contributed by atoms with Crippen LogP contribution in [0.25, 0.3) is 0 Å². The van der Waals surface area contributed by atoms with E-state index in [-0.39, 0.29) is 25.7 Å². The average Bonchev–Trinajstić information content (AvgIpc) is 3.61. The molecule has 42 heavy (non-hydrogen) atoms. The Kier molecular flexibility index (Phi) is 8.79. The fourth-order valence-electron chi connectivity index (χ4n) is 7.02. The zero-order valence-electron chi connectivity index (χ0n) is 25.3. The van der Waals surface area contributed by atoms with Crippen LogP contribution in [0.4, 0.5) is 0 Å². The number of hydrogen-bond acceptors (Lipinski definition) is 10. The summed E-state index contributed by atoms with van der Waals surface area (Å²) in [6.45, 7) is 7.44. The SMILES string of the molecule is CCCCOC(=O)CC(O)(CCCC(C)(C)O)C(=O)OC1C(OC)=CC23CCCN2CCc2cc4c(cc2C13)OCO4. The molecule has 3 heterocycles. The lowest BCUT2D eigenvalue weighted by molar-refractivity contribution is -0.179. The van der Waals surface area contributed by atoms with E-state index in [1.54, 1.807) is 21.0 Å². The molecule has 4 atom stereocenters. The third-order valence-electron chi connectivity index (χ3n) is 9.15. The van der Waals surface area contributed by atoms with Crippen LogP contribution < -0.4 is 9.47 Å². The van der Waals surface area contributed by atoms with Crippen molar-refractivity contribution in [1.82, 2.24) is 4.90 Å². The number of benzene rings is 1. The minimum atomic E-state index is -2.12. The first kappa shape index (κ1) is 30.6. The van der Waals surface area contributed by atoms with Crippen LogP contribution in [-0.4, -0.2) is 83.5 Å². The van der Waals surface area contributed by atoms with Gasteiger partial charge in [0.25, 0.3) is 0 Å². The van der Waals surface area contributed by atoms with Crippen molar-refractivity contribution >= 4 is 11.9 Å². The Labute approximate surface area is 247 Å². The van der Waals surface area contributed by atoms with Crippen molar-refractivity contribution in [2.75, 3.05) is 33.6 Å². The summed E-state index contributed by atoms with van der Waals surface area (Å²) < 4.78 is 28.8. The predicted molar refractivity (Wildman–Crippen MR) is 153 cm³/mol. The summed E-state index contributed by atoms with van der Waals surface area (Å²) in [6, 6.07) is 4.02. The minimum absolute atomic E-state index is 0.0609. The number of ether oxygens (including phenoxy) is 5.